The largest absolute Gasteiger partial charge is 0.469 e. The van der Waals surface area contributed by atoms with Crippen LogP contribution in [0.15, 0.2) is 12.1 Å². The van der Waals surface area contributed by atoms with E-state index in [0.717, 1.165) is 12.1 Å². The van der Waals surface area contributed by atoms with Gasteiger partial charge in [-0.05, 0) is 47.4 Å². The van der Waals surface area contributed by atoms with E-state index in [-0.39, 0.29) is 12.0 Å². The molecule has 0 radical (unpaired) electrons. The SMILES string of the molecule is COC(=O)C(CCCCOPI)c1ccc(F)c(F)c1F. The van der Waals surface area contributed by atoms with Gasteiger partial charge in [0.1, 0.15) is 0 Å². The molecular weight excluding hydrogens is 419 g/mol. The van der Waals surface area contributed by atoms with Crippen LogP contribution in [0.5, 0.6) is 0 Å². The number of unbranched alkanes of at least 4 members (excludes halogenated alkanes) is 1. The maximum Gasteiger partial charge on any atom is 0.313 e. The average Bonchev–Trinajstić information content (AvgIpc) is 2.49. The van der Waals surface area contributed by atoms with Crippen LogP contribution in [0.3, 0.4) is 0 Å². The fourth-order valence-electron chi connectivity index (χ4n) is 1.91. The maximum absolute atomic E-state index is 13.8. The van der Waals surface area contributed by atoms with E-state index in [9.17, 15) is 18.0 Å². The van der Waals surface area contributed by atoms with Crippen molar-refractivity contribution in [2.45, 2.75) is 25.2 Å². The van der Waals surface area contributed by atoms with Crippen molar-refractivity contribution in [3.63, 3.8) is 0 Å². The molecule has 0 amide bonds. The van der Waals surface area contributed by atoms with Gasteiger partial charge < -0.3 is 9.26 Å². The second kappa shape index (κ2) is 9.58. The Hall–Kier alpha value is -0.400. The van der Waals surface area contributed by atoms with Crippen LogP contribution in [0.4, 0.5) is 13.2 Å². The van der Waals surface area contributed by atoms with Crippen molar-refractivity contribution >= 4 is 34.5 Å². The fraction of sp³-hybridized carbons (Fsp3) is 0.462. The van der Waals surface area contributed by atoms with E-state index in [2.05, 4.69) is 26.8 Å². The molecule has 8 heteroatoms. The van der Waals surface area contributed by atoms with Gasteiger partial charge in [-0.15, -0.1) is 0 Å². The summed E-state index contributed by atoms with van der Waals surface area (Å²) in [4.78, 5) is 11.7. The Morgan fingerprint density at radius 3 is 2.62 bits per heavy atom. The lowest BCUT2D eigenvalue weighted by Gasteiger charge is -2.16. The van der Waals surface area contributed by atoms with Crippen LogP contribution < -0.4 is 0 Å². The highest BCUT2D eigenvalue weighted by Crippen LogP contribution is 2.29. The molecule has 0 saturated carbocycles. The summed E-state index contributed by atoms with van der Waals surface area (Å²) >= 11 is 2.09. The van der Waals surface area contributed by atoms with Crippen LogP contribution in [0.25, 0.3) is 0 Å². The number of esters is 1. The molecule has 0 fully saturated rings. The first-order valence-corrected chi connectivity index (χ1v) is 10.2. The molecule has 0 aliphatic carbocycles. The van der Waals surface area contributed by atoms with E-state index < -0.39 is 29.3 Å². The lowest BCUT2D eigenvalue weighted by molar-refractivity contribution is -0.142. The van der Waals surface area contributed by atoms with Gasteiger partial charge in [-0.2, -0.15) is 0 Å². The number of benzene rings is 1. The molecule has 1 aromatic rings. The highest BCUT2D eigenvalue weighted by Gasteiger charge is 2.27. The minimum Gasteiger partial charge on any atom is -0.469 e. The van der Waals surface area contributed by atoms with E-state index in [0.29, 0.717) is 25.9 Å². The second-order valence-corrected chi connectivity index (χ2v) is 6.03. The lowest BCUT2D eigenvalue weighted by Crippen LogP contribution is -2.17. The molecule has 1 rings (SSSR count). The summed E-state index contributed by atoms with van der Waals surface area (Å²) in [5.74, 6) is -5.81. The summed E-state index contributed by atoms with van der Waals surface area (Å²) in [7, 11) is 1.17. The Kier molecular flexibility index (Phi) is 8.51. The van der Waals surface area contributed by atoms with Gasteiger partial charge in [0.2, 0.25) is 0 Å². The molecule has 118 valence electrons. The Morgan fingerprint density at radius 2 is 2.00 bits per heavy atom. The Labute approximate surface area is 135 Å². The van der Waals surface area contributed by atoms with Gasteiger partial charge in [-0.3, -0.25) is 4.79 Å². The van der Waals surface area contributed by atoms with Crippen molar-refractivity contribution in [1.29, 1.82) is 0 Å². The van der Waals surface area contributed by atoms with Crippen LogP contribution in [0.1, 0.15) is 30.7 Å². The first-order valence-electron chi connectivity index (χ1n) is 6.21. The molecule has 0 aliphatic heterocycles. The zero-order valence-electron chi connectivity index (χ0n) is 11.3. The highest BCUT2D eigenvalue weighted by atomic mass is 127. The fourth-order valence-corrected chi connectivity index (χ4v) is 2.80. The third-order valence-corrected chi connectivity index (χ3v) is 4.22. The second-order valence-electron chi connectivity index (χ2n) is 4.26. The highest BCUT2D eigenvalue weighted by molar-refractivity contribution is 14.2. The quantitative estimate of drug-likeness (QED) is 0.199. The zero-order valence-corrected chi connectivity index (χ0v) is 14.5. The number of rotatable bonds is 8. The van der Waals surface area contributed by atoms with Gasteiger partial charge in [-0.25, -0.2) is 13.2 Å². The van der Waals surface area contributed by atoms with Crippen molar-refractivity contribution < 1.29 is 27.2 Å². The first-order chi connectivity index (χ1) is 10.0. The molecule has 3 nitrogen and oxygen atoms in total. The van der Waals surface area contributed by atoms with Crippen molar-refractivity contribution in [2.75, 3.05) is 13.7 Å². The van der Waals surface area contributed by atoms with Gasteiger partial charge in [0.15, 0.2) is 17.5 Å². The third kappa shape index (κ3) is 5.38. The summed E-state index contributed by atoms with van der Waals surface area (Å²) in [5.41, 5.74) is -0.183. The van der Waals surface area contributed by atoms with Gasteiger partial charge in [0.05, 0.1) is 26.1 Å². The van der Waals surface area contributed by atoms with Gasteiger partial charge in [0.25, 0.3) is 0 Å². The molecule has 0 spiro atoms. The summed E-state index contributed by atoms with van der Waals surface area (Å²) in [6.07, 6.45) is 1.55. The van der Waals surface area contributed by atoms with E-state index in [4.69, 9.17) is 4.52 Å². The summed E-state index contributed by atoms with van der Waals surface area (Å²) < 4.78 is 49.8. The monoisotopic (exact) mass is 434 g/mol. The van der Waals surface area contributed by atoms with Crippen LogP contribution in [0, 0.1) is 17.5 Å². The van der Waals surface area contributed by atoms with Crippen molar-refractivity contribution in [3.05, 3.63) is 35.1 Å². The third-order valence-electron chi connectivity index (χ3n) is 2.97. The molecule has 0 saturated heterocycles. The van der Waals surface area contributed by atoms with Crippen molar-refractivity contribution in [3.8, 4) is 0 Å². The number of carbonyl (C=O) groups is 1. The molecule has 0 heterocycles. The average molecular weight is 434 g/mol. The molecule has 2 atom stereocenters. The Bertz CT molecular complexity index is 488. The van der Waals surface area contributed by atoms with E-state index in [1.54, 1.807) is 0 Å². The van der Waals surface area contributed by atoms with Crippen LogP contribution in [-0.4, -0.2) is 19.7 Å². The molecule has 0 aromatic heterocycles. The predicted octanol–water partition coefficient (Wildman–Crippen LogP) is 4.49. The van der Waals surface area contributed by atoms with Crippen LogP contribution in [-0.2, 0) is 14.1 Å². The number of hydrogen-bond acceptors (Lipinski definition) is 3. The predicted molar refractivity (Wildman–Crippen MR) is 83.2 cm³/mol. The lowest BCUT2D eigenvalue weighted by atomic mass is 9.93. The Morgan fingerprint density at radius 1 is 1.29 bits per heavy atom. The topological polar surface area (TPSA) is 35.5 Å². The molecule has 1 aromatic carbocycles. The van der Waals surface area contributed by atoms with E-state index >= 15 is 0 Å². The maximum atomic E-state index is 13.8. The first kappa shape index (κ1) is 18.6. The molecule has 0 aliphatic rings. The number of halogens is 4. The molecule has 2 unspecified atom stereocenters. The number of methoxy groups -OCH3 is 1. The van der Waals surface area contributed by atoms with E-state index in [1.807, 2.05) is 0 Å². The smallest absolute Gasteiger partial charge is 0.313 e. The van der Waals surface area contributed by atoms with Gasteiger partial charge in [-0.1, -0.05) is 6.07 Å². The molecular formula is C13H15F3IO3P. The molecule has 0 N–H and O–H groups in total. The van der Waals surface area contributed by atoms with Crippen LogP contribution >= 0.6 is 28.5 Å². The van der Waals surface area contributed by atoms with Gasteiger partial charge in [0, 0.05) is 5.56 Å². The minimum atomic E-state index is -1.57. The van der Waals surface area contributed by atoms with Crippen molar-refractivity contribution in [2.24, 2.45) is 0 Å². The molecule has 21 heavy (non-hydrogen) atoms. The summed E-state index contributed by atoms with van der Waals surface area (Å²) in [6.45, 7) is 0.891. The van der Waals surface area contributed by atoms with E-state index in [1.165, 1.54) is 7.11 Å². The standard InChI is InChI=1S/C13H15F3IO3P/c1-19-13(18)9(4-2-3-7-20-21-17)8-5-6-10(14)12(16)11(8)15/h5-6,9,21H,2-4,7H2,1H3. The number of carbonyl (C=O) groups excluding carboxylic acids is 1. The summed E-state index contributed by atoms with van der Waals surface area (Å²) in [5, 5.41) is 0. The van der Waals surface area contributed by atoms with Crippen LogP contribution in [0.2, 0.25) is 0 Å². The number of ether oxygens (including phenoxy) is 1. The minimum absolute atomic E-state index is 0.183. The van der Waals surface area contributed by atoms with Gasteiger partial charge >= 0.3 is 5.97 Å². The normalized spacial score (nSPS) is 12.8. The molecule has 0 bridgehead atoms. The zero-order chi connectivity index (χ0) is 15.8. The summed E-state index contributed by atoms with van der Waals surface area (Å²) in [6, 6.07) is 1.89. The van der Waals surface area contributed by atoms with Crippen molar-refractivity contribution in [1.82, 2.24) is 0 Å². The number of hydrogen-bond donors (Lipinski definition) is 0. The Balaban J connectivity index is 2.83.